The van der Waals surface area contributed by atoms with E-state index < -0.39 is 7.12 Å². The largest absolute Gasteiger partial charge is 0.489 e. The number of fused-ring (bicyclic) bond motifs is 6. The molecule has 3 heterocycles. The van der Waals surface area contributed by atoms with Crippen molar-refractivity contribution in [3.63, 3.8) is 0 Å². The van der Waals surface area contributed by atoms with Gasteiger partial charge < -0.3 is 24.6 Å². The van der Waals surface area contributed by atoms with E-state index in [0.29, 0.717) is 5.46 Å². The van der Waals surface area contributed by atoms with E-state index in [9.17, 15) is 10.0 Å². The van der Waals surface area contributed by atoms with Crippen molar-refractivity contribution in [1.82, 2.24) is 0 Å². The van der Waals surface area contributed by atoms with Crippen LogP contribution in [-0.4, -0.2) is 30.9 Å². The highest BCUT2D eigenvalue weighted by Crippen LogP contribution is 2.54. The van der Waals surface area contributed by atoms with Crippen molar-refractivity contribution in [3.8, 4) is 22.3 Å². The Labute approximate surface area is 570 Å². The number of para-hydroxylation sites is 2. The highest BCUT2D eigenvalue weighted by Gasteiger charge is 2.26. The van der Waals surface area contributed by atoms with Gasteiger partial charge in [-0.2, -0.15) is 0 Å². The van der Waals surface area contributed by atoms with Crippen LogP contribution in [0.4, 0.5) is 34.1 Å². The summed E-state index contributed by atoms with van der Waals surface area (Å²) < 4.78 is 6.85. The first-order valence-corrected chi connectivity index (χ1v) is 35.7. The molecule has 14 heteroatoms. The molecule has 0 saturated carbocycles. The highest BCUT2D eigenvalue weighted by atomic mass is 79.9. The summed E-state index contributed by atoms with van der Waals surface area (Å²) >= 11 is 17.7. The summed E-state index contributed by atoms with van der Waals surface area (Å²) in [6.45, 7) is 2.98. The summed E-state index contributed by atoms with van der Waals surface area (Å²) in [6.07, 6.45) is 1.12. The van der Waals surface area contributed by atoms with E-state index in [4.69, 9.17) is 4.74 Å². The zero-order valence-electron chi connectivity index (χ0n) is 49.0. The van der Waals surface area contributed by atoms with Gasteiger partial charge in [0.25, 0.3) is 0 Å². The fraction of sp³-hybridized carbons (Fsp3) is 0.0526. The van der Waals surface area contributed by atoms with Crippen LogP contribution in [0.2, 0.25) is 0 Å². The molecule has 444 valence electrons. The van der Waals surface area contributed by atoms with Crippen LogP contribution in [0.25, 0.3) is 22.3 Å². The van der Waals surface area contributed by atoms with Gasteiger partial charge in [-0.3, -0.25) is 0 Å². The van der Waals surface area contributed by atoms with E-state index in [1.807, 2.05) is 77.4 Å². The Balaban J connectivity index is 0.000000149. The van der Waals surface area contributed by atoms with Gasteiger partial charge in [0.2, 0.25) is 0 Å². The number of benzene rings is 12. The predicted molar refractivity (Wildman–Crippen MR) is 391 cm³/mol. The van der Waals surface area contributed by atoms with Gasteiger partial charge in [0, 0.05) is 116 Å². The molecule has 0 aliphatic carbocycles. The summed E-state index contributed by atoms with van der Waals surface area (Å²) in [4.78, 5) is 19.6. The van der Waals surface area contributed by atoms with Gasteiger partial charge in [-0.15, -0.1) is 0 Å². The molecule has 3 aliphatic heterocycles. The lowest BCUT2D eigenvalue weighted by atomic mass is 9.80. The quantitative estimate of drug-likeness (QED) is 0.122. The molecule has 0 bridgehead atoms. The monoisotopic (exact) mass is 1410 g/mol. The van der Waals surface area contributed by atoms with Gasteiger partial charge in [0.05, 0.1) is 0 Å². The molecule has 5 nitrogen and oxygen atoms in total. The minimum atomic E-state index is -1.41. The molecule has 12 aromatic carbocycles. The average Bonchev–Trinajstić information content (AvgIpc) is 0.968. The Morgan fingerprint density at radius 3 is 0.944 bits per heavy atom. The van der Waals surface area contributed by atoms with E-state index in [0.717, 1.165) is 70.8 Å². The van der Waals surface area contributed by atoms with Crippen LogP contribution in [-0.2, 0) is 4.74 Å². The maximum Gasteiger partial charge on any atom is 0.489 e. The fourth-order valence-corrected chi connectivity index (χ4v) is 18.1. The Morgan fingerprint density at radius 2 is 0.611 bits per heavy atom. The molecule has 0 aromatic heterocycles. The zero-order valence-corrected chi connectivity index (χ0v) is 57.1. The maximum absolute atomic E-state index is 9.36. The molecule has 0 fully saturated rings. The summed E-state index contributed by atoms with van der Waals surface area (Å²) in [7, 11) is 0.298. The number of nitrogens with zero attached hydrogens (tertiary/aromatic N) is 2. The smallest absolute Gasteiger partial charge is 0.423 e. The molecule has 12 aromatic rings. The summed E-state index contributed by atoms with van der Waals surface area (Å²) in [6, 6.07) is 100. The molecule has 0 amide bonds. The molecule has 0 atom stereocenters. The summed E-state index contributed by atoms with van der Waals surface area (Å²) in [5, 5.41) is 18.7. The van der Waals surface area contributed by atoms with E-state index in [1.165, 1.54) is 66.3 Å². The van der Waals surface area contributed by atoms with Crippen LogP contribution in [0, 0.1) is 0 Å². The second kappa shape index (κ2) is 30.6. The second-order valence-corrected chi connectivity index (χ2v) is 28.9. The van der Waals surface area contributed by atoms with Crippen molar-refractivity contribution in [3.05, 3.63) is 294 Å². The number of rotatable bonds is 11. The summed E-state index contributed by atoms with van der Waals surface area (Å²) in [5.41, 5.74) is 12.4. The first-order valence-electron chi connectivity index (χ1n) is 29.2. The van der Waals surface area contributed by atoms with Crippen LogP contribution < -0.4 is 15.3 Å². The molecular weight excluding hydrogens is 1350 g/mol. The van der Waals surface area contributed by atoms with Crippen molar-refractivity contribution in [2.45, 2.75) is 72.1 Å². The lowest BCUT2D eigenvalue weighted by Gasteiger charge is -2.26. The first-order chi connectivity index (χ1) is 44.2. The number of halogens is 2. The van der Waals surface area contributed by atoms with E-state index in [-0.39, 0.29) is 0 Å². The molecule has 0 spiro atoms. The molecule has 3 aliphatic rings. The molecular formula is C76H59BBr2N2O3S6. The Kier molecular flexibility index (Phi) is 21.5. The predicted octanol–water partition coefficient (Wildman–Crippen LogP) is 23.4. The third kappa shape index (κ3) is 15.1. The average molecular weight is 1410 g/mol. The third-order valence-electron chi connectivity index (χ3n) is 14.6. The molecule has 0 radical (unpaired) electrons. The van der Waals surface area contributed by atoms with E-state index >= 15 is 0 Å². The topological polar surface area (TPSA) is 56.2 Å². The third-order valence-corrected chi connectivity index (χ3v) is 23.5. The van der Waals surface area contributed by atoms with E-state index in [2.05, 4.69) is 297 Å². The van der Waals surface area contributed by atoms with Gasteiger partial charge in [-0.1, -0.05) is 243 Å². The molecule has 90 heavy (non-hydrogen) atoms. The SMILES string of the molecule is Brc1ccc(N(c2ccccc2)c2ccc(Br)cc2)cc1.CCCOC.OB(O)c1cccc2c1Sc1ccccc1S2.c1ccc(N(c2ccc(-c3cccc4c3Sc3ccccc3S4)cc2)c2ccc(-c3cccc4c3Sc3ccccc3S4)cc2)cc1. The number of ether oxygens (including phenoxy) is 1. The van der Waals surface area contributed by atoms with Crippen molar-refractivity contribution in [1.29, 1.82) is 0 Å². The number of anilines is 6. The van der Waals surface area contributed by atoms with Crippen molar-refractivity contribution >= 4 is 149 Å². The number of methoxy groups -OCH3 is 1. The number of hydrogen-bond donors (Lipinski definition) is 2. The molecule has 15 rings (SSSR count). The normalized spacial score (nSPS) is 12.0. The minimum absolute atomic E-state index is 0.578. The summed E-state index contributed by atoms with van der Waals surface area (Å²) in [5.74, 6) is 0. The van der Waals surface area contributed by atoms with Gasteiger partial charge in [-0.05, 0) is 186 Å². The number of hydrogen-bond acceptors (Lipinski definition) is 11. The van der Waals surface area contributed by atoms with Crippen molar-refractivity contribution in [2.75, 3.05) is 23.5 Å². The highest BCUT2D eigenvalue weighted by molar-refractivity contribution is 9.10. The Hall–Kier alpha value is -6.76. The second-order valence-electron chi connectivity index (χ2n) is 20.6. The lowest BCUT2D eigenvalue weighted by molar-refractivity contribution is 0.199. The van der Waals surface area contributed by atoms with Crippen molar-refractivity contribution in [2.24, 2.45) is 0 Å². The Bertz CT molecular complexity index is 4190. The van der Waals surface area contributed by atoms with Crippen LogP contribution in [0.5, 0.6) is 0 Å². The van der Waals surface area contributed by atoms with Gasteiger partial charge in [0.15, 0.2) is 0 Å². The van der Waals surface area contributed by atoms with Gasteiger partial charge >= 0.3 is 7.12 Å². The van der Waals surface area contributed by atoms with Crippen LogP contribution in [0.15, 0.2) is 353 Å². The molecule has 0 saturated heterocycles. The first kappa shape index (κ1) is 63.4. The van der Waals surface area contributed by atoms with Crippen LogP contribution in [0.3, 0.4) is 0 Å². The minimum Gasteiger partial charge on any atom is -0.423 e. The van der Waals surface area contributed by atoms with Crippen LogP contribution in [0.1, 0.15) is 13.3 Å². The zero-order chi connectivity index (χ0) is 61.8. The lowest BCUT2D eigenvalue weighted by Crippen LogP contribution is -2.32. The van der Waals surface area contributed by atoms with E-state index in [1.54, 1.807) is 36.7 Å². The standard InChI is InChI=1S/C42H27NS4.C18H13Br2N.C12H9BO2S2.C4H10O/c1-2-10-30(11-3-1)43(31-24-20-28(21-25-31)33-12-8-18-39-41(33)46-37-16-6-4-14-35(37)44-39)32-26-22-29(23-27-32)34-13-9-19-40-42(34)47-38-17-7-5-15-36(38)45-40;19-14-6-10-17(11-7-14)21(16-4-2-1-3-5-16)18-12-8-15(20)9-13-18;14-13(15)8-4-3-7-11-12(8)17-10-6-2-1-5-9(10)16-11;1-3-4-5-2/h1-27H;1-13H;1-7,14-15H;3-4H2,1-2H3. The molecule has 0 unspecified atom stereocenters. The molecule has 2 N–H and O–H groups in total. The van der Waals surface area contributed by atoms with Gasteiger partial charge in [0.1, 0.15) is 0 Å². The van der Waals surface area contributed by atoms with Gasteiger partial charge in [-0.25, -0.2) is 0 Å². The van der Waals surface area contributed by atoms with Crippen LogP contribution >= 0.6 is 102 Å². The maximum atomic E-state index is 9.36. The Morgan fingerprint density at radius 1 is 0.322 bits per heavy atom. The van der Waals surface area contributed by atoms with Crippen molar-refractivity contribution < 1.29 is 14.8 Å². The fourth-order valence-electron chi connectivity index (χ4n) is 10.3.